The molecule has 0 fully saturated rings. The second-order valence-electron chi connectivity index (χ2n) is 7.25. The molecule has 1 atom stereocenters. The number of carbonyl (C=O) groups excluding carboxylic acids is 3. The summed E-state index contributed by atoms with van der Waals surface area (Å²) in [5, 5.41) is 7.95. The summed E-state index contributed by atoms with van der Waals surface area (Å²) in [5.41, 5.74) is 3.29. The number of fused-ring (bicyclic) bond motifs is 1. The zero-order chi connectivity index (χ0) is 22.7. The summed E-state index contributed by atoms with van der Waals surface area (Å²) in [6.07, 6.45) is 0. The smallest absolute Gasteiger partial charge is 0.258 e. The highest BCUT2D eigenvalue weighted by Gasteiger charge is 2.27. The molecule has 3 N–H and O–H groups in total. The minimum absolute atomic E-state index is 0.220. The third-order valence-corrected chi connectivity index (χ3v) is 5.12. The minimum atomic E-state index is -0.429. The van der Waals surface area contributed by atoms with Gasteiger partial charge >= 0.3 is 0 Å². The molecule has 158 valence electrons. The van der Waals surface area contributed by atoms with E-state index in [0.29, 0.717) is 33.8 Å². The van der Waals surface area contributed by atoms with Gasteiger partial charge in [-0.3, -0.25) is 19.7 Å². The van der Waals surface area contributed by atoms with Crippen molar-refractivity contribution in [3.05, 3.63) is 83.0 Å². The van der Waals surface area contributed by atoms with Crippen molar-refractivity contribution in [2.24, 2.45) is 0 Å². The lowest BCUT2D eigenvalue weighted by molar-refractivity contribution is -0.117. The van der Waals surface area contributed by atoms with E-state index in [9.17, 15) is 14.4 Å². The van der Waals surface area contributed by atoms with Crippen LogP contribution in [0.15, 0.2) is 60.7 Å². The van der Waals surface area contributed by atoms with Crippen molar-refractivity contribution in [2.75, 3.05) is 12.4 Å². The number of rotatable bonds is 4. The van der Waals surface area contributed by atoms with Crippen LogP contribution in [-0.4, -0.2) is 35.8 Å². The van der Waals surface area contributed by atoms with Crippen LogP contribution in [0.3, 0.4) is 0 Å². The van der Waals surface area contributed by atoms with E-state index in [1.165, 1.54) is 0 Å². The van der Waals surface area contributed by atoms with E-state index >= 15 is 0 Å². The summed E-state index contributed by atoms with van der Waals surface area (Å²) < 4.78 is 0. The number of nitrogens with one attached hydrogen (secondary N) is 3. The van der Waals surface area contributed by atoms with Gasteiger partial charge in [0.05, 0.1) is 17.2 Å². The summed E-state index contributed by atoms with van der Waals surface area (Å²) in [7, 11) is 1.70. The van der Waals surface area contributed by atoms with Gasteiger partial charge in [0.1, 0.15) is 11.5 Å². The SMILES string of the molecule is CNC(C)C(=O)Nc1ccc(-c2ccc3c(c2)C(=O)NC3=O)c(C#Cc2ccccc2)n1. The van der Waals surface area contributed by atoms with Crippen LogP contribution in [0.1, 0.15) is 38.9 Å². The van der Waals surface area contributed by atoms with Gasteiger partial charge in [-0.05, 0) is 61.9 Å². The van der Waals surface area contributed by atoms with E-state index in [1.54, 1.807) is 44.3 Å². The average Bonchev–Trinajstić information content (AvgIpc) is 3.10. The molecule has 0 bridgehead atoms. The third-order valence-electron chi connectivity index (χ3n) is 5.12. The quantitative estimate of drug-likeness (QED) is 0.442. The van der Waals surface area contributed by atoms with Crippen molar-refractivity contribution in [3.63, 3.8) is 0 Å². The van der Waals surface area contributed by atoms with Gasteiger partial charge in [-0.15, -0.1) is 0 Å². The first kappa shape index (κ1) is 21.0. The van der Waals surface area contributed by atoms with Crippen LogP contribution in [0.2, 0.25) is 0 Å². The molecule has 1 aliphatic rings. The molecule has 1 unspecified atom stereocenters. The highest BCUT2D eigenvalue weighted by atomic mass is 16.2. The topological polar surface area (TPSA) is 100 Å². The molecule has 32 heavy (non-hydrogen) atoms. The first-order valence-electron chi connectivity index (χ1n) is 10.0. The van der Waals surface area contributed by atoms with E-state index in [2.05, 4.69) is 32.8 Å². The second-order valence-corrected chi connectivity index (χ2v) is 7.25. The summed E-state index contributed by atoms with van der Waals surface area (Å²) in [6.45, 7) is 1.75. The Hall–Kier alpha value is -4.28. The maximum absolute atomic E-state index is 12.3. The van der Waals surface area contributed by atoms with Gasteiger partial charge in [-0.2, -0.15) is 0 Å². The van der Waals surface area contributed by atoms with Gasteiger partial charge in [0.2, 0.25) is 5.91 Å². The zero-order valence-corrected chi connectivity index (χ0v) is 17.5. The third kappa shape index (κ3) is 4.26. The Balaban J connectivity index is 1.77. The Labute approximate surface area is 185 Å². The van der Waals surface area contributed by atoms with Crippen molar-refractivity contribution < 1.29 is 14.4 Å². The van der Waals surface area contributed by atoms with Crippen LogP contribution in [-0.2, 0) is 4.79 Å². The second kappa shape index (κ2) is 8.84. The highest BCUT2D eigenvalue weighted by molar-refractivity contribution is 6.21. The Morgan fingerprint density at radius 1 is 0.938 bits per heavy atom. The average molecular weight is 424 g/mol. The molecule has 7 nitrogen and oxygen atoms in total. The Bertz CT molecular complexity index is 1290. The summed E-state index contributed by atoms with van der Waals surface area (Å²) in [4.78, 5) is 40.8. The Kier molecular flexibility index (Phi) is 5.79. The molecule has 4 rings (SSSR count). The van der Waals surface area contributed by atoms with Gasteiger partial charge in [0, 0.05) is 11.1 Å². The molecule has 7 heteroatoms. The number of pyridine rings is 1. The molecule has 2 aromatic carbocycles. The molecule has 0 saturated carbocycles. The standard InChI is InChI=1S/C25H20N4O3/c1-15(26-2)23(30)28-22-13-11-18(21(27-22)12-8-16-6-4-3-5-7-16)17-9-10-19-20(14-17)25(32)29-24(19)31/h3-7,9-11,13-15,26H,1-2H3,(H,27,28,30)(H,29,31,32). The van der Waals surface area contributed by atoms with E-state index in [-0.39, 0.29) is 11.9 Å². The van der Waals surface area contributed by atoms with Crippen LogP contribution >= 0.6 is 0 Å². The lowest BCUT2D eigenvalue weighted by atomic mass is 9.99. The van der Waals surface area contributed by atoms with Crippen molar-refractivity contribution in [1.29, 1.82) is 0 Å². The predicted molar refractivity (Wildman–Crippen MR) is 121 cm³/mol. The number of carbonyl (C=O) groups is 3. The van der Waals surface area contributed by atoms with Gasteiger partial charge in [0.25, 0.3) is 11.8 Å². The fraction of sp³-hybridized carbons (Fsp3) is 0.120. The summed E-state index contributed by atoms with van der Waals surface area (Å²) in [5.74, 6) is 5.47. The maximum atomic E-state index is 12.3. The number of amides is 3. The number of nitrogens with zero attached hydrogens (tertiary/aromatic N) is 1. The van der Waals surface area contributed by atoms with Gasteiger partial charge in [0.15, 0.2) is 0 Å². The van der Waals surface area contributed by atoms with Crippen molar-refractivity contribution in [3.8, 4) is 23.0 Å². The lowest BCUT2D eigenvalue weighted by Crippen LogP contribution is -2.35. The molecule has 0 spiro atoms. The van der Waals surface area contributed by atoms with Crippen LogP contribution in [0, 0.1) is 11.8 Å². The summed E-state index contributed by atoms with van der Waals surface area (Å²) in [6, 6.07) is 17.6. The number of hydrogen-bond acceptors (Lipinski definition) is 5. The number of hydrogen-bond donors (Lipinski definition) is 3. The van der Waals surface area contributed by atoms with Crippen molar-refractivity contribution >= 4 is 23.5 Å². The van der Waals surface area contributed by atoms with Crippen LogP contribution in [0.25, 0.3) is 11.1 Å². The molecular weight excluding hydrogens is 404 g/mol. The van der Waals surface area contributed by atoms with Crippen LogP contribution in [0.5, 0.6) is 0 Å². The molecule has 1 aromatic heterocycles. The molecular formula is C25H20N4O3. The van der Waals surface area contributed by atoms with Crippen molar-refractivity contribution in [1.82, 2.24) is 15.6 Å². The highest BCUT2D eigenvalue weighted by Crippen LogP contribution is 2.28. The molecule has 3 amide bonds. The van der Waals surface area contributed by atoms with E-state index in [1.807, 2.05) is 30.3 Å². The van der Waals surface area contributed by atoms with Crippen LogP contribution < -0.4 is 16.0 Å². The van der Waals surface area contributed by atoms with Gasteiger partial charge in [-0.25, -0.2) is 4.98 Å². The van der Waals surface area contributed by atoms with Crippen LogP contribution in [0.4, 0.5) is 5.82 Å². The van der Waals surface area contributed by atoms with Crippen molar-refractivity contribution in [2.45, 2.75) is 13.0 Å². The molecule has 1 aliphatic heterocycles. The number of anilines is 1. The van der Waals surface area contributed by atoms with Gasteiger partial charge < -0.3 is 10.6 Å². The van der Waals surface area contributed by atoms with E-state index in [4.69, 9.17) is 0 Å². The van der Waals surface area contributed by atoms with Gasteiger partial charge in [-0.1, -0.05) is 30.2 Å². The maximum Gasteiger partial charge on any atom is 0.258 e. The number of likely N-dealkylation sites (N-methyl/N-ethyl adjacent to an activating group) is 1. The zero-order valence-electron chi connectivity index (χ0n) is 17.5. The fourth-order valence-electron chi connectivity index (χ4n) is 3.21. The minimum Gasteiger partial charge on any atom is -0.309 e. The molecule has 2 heterocycles. The Morgan fingerprint density at radius 3 is 2.41 bits per heavy atom. The first-order chi connectivity index (χ1) is 15.5. The fourth-order valence-corrected chi connectivity index (χ4v) is 3.21. The molecule has 0 aliphatic carbocycles. The first-order valence-corrected chi connectivity index (χ1v) is 10.0. The normalized spacial score (nSPS) is 12.9. The molecule has 0 radical (unpaired) electrons. The number of imide groups is 1. The molecule has 3 aromatic rings. The Morgan fingerprint density at radius 2 is 1.66 bits per heavy atom. The monoisotopic (exact) mass is 424 g/mol. The van der Waals surface area contributed by atoms with E-state index < -0.39 is 11.8 Å². The predicted octanol–water partition coefficient (Wildman–Crippen LogP) is 2.58. The summed E-state index contributed by atoms with van der Waals surface area (Å²) >= 11 is 0. The lowest BCUT2D eigenvalue weighted by Gasteiger charge is -2.12. The number of aromatic nitrogens is 1. The number of benzene rings is 2. The molecule has 0 saturated heterocycles. The largest absolute Gasteiger partial charge is 0.309 e. The van der Waals surface area contributed by atoms with E-state index in [0.717, 1.165) is 5.56 Å².